The second kappa shape index (κ2) is 8.35. The zero-order valence-electron chi connectivity index (χ0n) is 13.6. The summed E-state index contributed by atoms with van der Waals surface area (Å²) in [7, 11) is 0. The molecule has 0 radical (unpaired) electrons. The van der Waals surface area contributed by atoms with Crippen molar-refractivity contribution in [2.24, 2.45) is 0 Å². The number of halogens is 1. The molecule has 6 nitrogen and oxygen atoms in total. The molecule has 0 aliphatic carbocycles. The van der Waals surface area contributed by atoms with Gasteiger partial charge in [0.1, 0.15) is 0 Å². The van der Waals surface area contributed by atoms with Crippen LogP contribution >= 0.6 is 27.7 Å². The van der Waals surface area contributed by atoms with Gasteiger partial charge in [-0.2, -0.15) is 0 Å². The van der Waals surface area contributed by atoms with Gasteiger partial charge in [0, 0.05) is 16.8 Å². The zero-order chi connectivity index (χ0) is 17.6. The van der Waals surface area contributed by atoms with Crippen LogP contribution in [0.4, 0.5) is 0 Å². The van der Waals surface area contributed by atoms with Crippen molar-refractivity contribution >= 4 is 33.6 Å². The highest BCUT2D eigenvalue weighted by Gasteiger charge is 2.14. The Morgan fingerprint density at radius 1 is 1.28 bits per heavy atom. The predicted molar refractivity (Wildman–Crippen MR) is 99.3 cm³/mol. The van der Waals surface area contributed by atoms with Crippen molar-refractivity contribution in [1.29, 1.82) is 0 Å². The van der Waals surface area contributed by atoms with Gasteiger partial charge in [-0.3, -0.25) is 4.79 Å². The third-order valence-electron chi connectivity index (χ3n) is 3.54. The molecule has 2 heterocycles. The average Bonchev–Trinajstić information content (AvgIpc) is 3.29. The summed E-state index contributed by atoms with van der Waals surface area (Å²) in [5, 5.41) is 12.1. The van der Waals surface area contributed by atoms with Crippen molar-refractivity contribution in [2.45, 2.75) is 30.9 Å². The number of nitrogens with zero attached hydrogens (tertiary/aromatic N) is 3. The first-order valence-corrected chi connectivity index (χ1v) is 9.56. The highest BCUT2D eigenvalue weighted by Crippen LogP contribution is 2.23. The molecule has 2 aromatic heterocycles. The summed E-state index contributed by atoms with van der Waals surface area (Å²) < 4.78 is 8.15. The molecule has 1 aromatic carbocycles. The number of amides is 1. The van der Waals surface area contributed by atoms with Crippen LogP contribution in [0.15, 0.2) is 56.7 Å². The van der Waals surface area contributed by atoms with E-state index in [9.17, 15) is 4.79 Å². The lowest BCUT2D eigenvalue weighted by Crippen LogP contribution is -2.24. The van der Waals surface area contributed by atoms with Crippen LogP contribution in [0.2, 0.25) is 0 Å². The van der Waals surface area contributed by atoms with E-state index in [1.807, 2.05) is 23.6 Å². The first-order valence-electron chi connectivity index (χ1n) is 7.78. The Kier molecular flexibility index (Phi) is 5.93. The summed E-state index contributed by atoms with van der Waals surface area (Å²) in [6.45, 7) is 3.08. The van der Waals surface area contributed by atoms with Crippen molar-refractivity contribution in [3.05, 3.63) is 64.3 Å². The minimum Gasteiger partial charge on any atom is -0.459 e. The number of benzene rings is 1. The lowest BCUT2D eigenvalue weighted by atomic mass is 10.2. The highest BCUT2D eigenvalue weighted by atomic mass is 79.9. The fourth-order valence-electron chi connectivity index (χ4n) is 2.26. The van der Waals surface area contributed by atoms with E-state index < -0.39 is 0 Å². The van der Waals surface area contributed by atoms with Gasteiger partial charge < -0.3 is 14.3 Å². The van der Waals surface area contributed by atoms with Crippen molar-refractivity contribution in [3.8, 4) is 0 Å². The smallest absolute Gasteiger partial charge is 0.287 e. The summed E-state index contributed by atoms with van der Waals surface area (Å²) in [4.78, 5) is 12.0. The van der Waals surface area contributed by atoms with E-state index in [1.165, 1.54) is 11.8 Å². The van der Waals surface area contributed by atoms with Crippen LogP contribution in [0.1, 0.15) is 28.9 Å². The maximum absolute atomic E-state index is 12.0. The highest BCUT2D eigenvalue weighted by molar-refractivity contribution is 9.10. The Balaban J connectivity index is 1.62. The molecule has 1 amide bonds. The number of furan rings is 1. The Morgan fingerprint density at radius 2 is 2.08 bits per heavy atom. The van der Waals surface area contributed by atoms with Crippen LogP contribution in [0.3, 0.4) is 0 Å². The maximum Gasteiger partial charge on any atom is 0.287 e. The van der Waals surface area contributed by atoms with Gasteiger partial charge in [0.25, 0.3) is 5.91 Å². The number of hydrogen-bond donors (Lipinski definition) is 1. The quantitative estimate of drug-likeness (QED) is 0.587. The van der Waals surface area contributed by atoms with E-state index in [0.29, 0.717) is 6.54 Å². The number of aromatic nitrogens is 3. The van der Waals surface area contributed by atoms with E-state index in [4.69, 9.17) is 4.42 Å². The first-order chi connectivity index (χ1) is 12.2. The topological polar surface area (TPSA) is 73.0 Å². The fraction of sp³-hybridized carbons (Fsp3) is 0.235. The molecule has 25 heavy (non-hydrogen) atoms. The molecule has 0 spiro atoms. The predicted octanol–water partition coefficient (Wildman–Crippen LogP) is 3.88. The molecule has 3 rings (SSSR count). The maximum atomic E-state index is 12.0. The van der Waals surface area contributed by atoms with E-state index in [0.717, 1.165) is 27.8 Å². The average molecular weight is 421 g/mol. The van der Waals surface area contributed by atoms with Gasteiger partial charge in [0.15, 0.2) is 16.7 Å². The number of hydrogen-bond acceptors (Lipinski definition) is 5. The van der Waals surface area contributed by atoms with E-state index >= 15 is 0 Å². The molecular weight excluding hydrogens is 404 g/mol. The molecule has 0 saturated heterocycles. The Hall–Kier alpha value is -2.06. The molecular formula is C17H17BrN4O2S. The van der Waals surface area contributed by atoms with Crippen LogP contribution in [0, 0.1) is 0 Å². The van der Waals surface area contributed by atoms with Gasteiger partial charge in [-0.1, -0.05) is 39.8 Å². The van der Waals surface area contributed by atoms with Crippen molar-refractivity contribution < 1.29 is 9.21 Å². The number of carbonyl (C=O) groups excluding carboxylic acids is 1. The van der Waals surface area contributed by atoms with Gasteiger partial charge in [0.05, 0.1) is 12.8 Å². The molecule has 0 fully saturated rings. The summed E-state index contributed by atoms with van der Waals surface area (Å²) >= 11 is 5.06. The Labute approximate surface area is 158 Å². The SMILES string of the molecule is CCn1c(CNC(=O)c2ccco2)nnc1SCc1ccc(Br)cc1. The molecule has 0 saturated carbocycles. The molecule has 0 aliphatic rings. The summed E-state index contributed by atoms with van der Waals surface area (Å²) in [6, 6.07) is 11.5. The van der Waals surface area contributed by atoms with E-state index in [-0.39, 0.29) is 11.7 Å². The Bertz CT molecular complexity index is 831. The molecule has 1 N–H and O–H groups in total. The number of carbonyl (C=O) groups is 1. The van der Waals surface area contributed by atoms with Crippen LogP contribution in [-0.4, -0.2) is 20.7 Å². The van der Waals surface area contributed by atoms with Crippen LogP contribution in [0.5, 0.6) is 0 Å². The second-order valence-corrected chi connectivity index (χ2v) is 7.08. The summed E-state index contributed by atoms with van der Waals surface area (Å²) in [5.41, 5.74) is 1.21. The number of rotatable bonds is 7. The fourth-order valence-corrected chi connectivity index (χ4v) is 3.50. The minimum atomic E-state index is -0.264. The van der Waals surface area contributed by atoms with E-state index in [2.05, 4.69) is 43.6 Å². The zero-order valence-corrected chi connectivity index (χ0v) is 16.0. The summed E-state index contributed by atoms with van der Waals surface area (Å²) in [5.74, 6) is 1.55. The minimum absolute atomic E-state index is 0.264. The van der Waals surface area contributed by atoms with Crippen molar-refractivity contribution in [1.82, 2.24) is 20.1 Å². The standard InChI is InChI=1S/C17H17BrN4O2S/c1-2-22-15(10-19-16(23)14-4-3-9-24-14)20-21-17(22)25-11-12-5-7-13(18)8-6-12/h3-9H,2,10-11H2,1H3,(H,19,23). The Morgan fingerprint density at radius 3 is 2.76 bits per heavy atom. The van der Waals surface area contributed by atoms with E-state index in [1.54, 1.807) is 23.9 Å². The lowest BCUT2D eigenvalue weighted by molar-refractivity contribution is 0.0921. The van der Waals surface area contributed by atoms with Crippen LogP contribution in [-0.2, 0) is 18.8 Å². The van der Waals surface area contributed by atoms with Gasteiger partial charge in [0.2, 0.25) is 0 Å². The van der Waals surface area contributed by atoms with Gasteiger partial charge >= 0.3 is 0 Å². The second-order valence-electron chi connectivity index (χ2n) is 5.22. The van der Waals surface area contributed by atoms with Crippen molar-refractivity contribution in [3.63, 3.8) is 0 Å². The molecule has 0 atom stereocenters. The monoisotopic (exact) mass is 420 g/mol. The largest absolute Gasteiger partial charge is 0.459 e. The van der Waals surface area contributed by atoms with Crippen LogP contribution in [0.25, 0.3) is 0 Å². The van der Waals surface area contributed by atoms with Gasteiger partial charge in [-0.15, -0.1) is 10.2 Å². The first kappa shape index (κ1) is 17.8. The molecule has 8 heteroatoms. The van der Waals surface area contributed by atoms with Crippen LogP contribution < -0.4 is 5.32 Å². The number of nitrogens with one attached hydrogen (secondary N) is 1. The third kappa shape index (κ3) is 4.52. The van der Waals surface area contributed by atoms with Gasteiger partial charge in [-0.05, 0) is 36.8 Å². The molecule has 0 aliphatic heterocycles. The van der Waals surface area contributed by atoms with Crippen molar-refractivity contribution in [2.75, 3.05) is 0 Å². The molecule has 130 valence electrons. The normalized spacial score (nSPS) is 10.8. The summed E-state index contributed by atoms with van der Waals surface area (Å²) in [6.07, 6.45) is 1.47. The molecule has 0 bridgehead atoms. The third-order valence-corrected chi connectivity index (χ3v) is 5.11. The molecule has 3 aromatic rings. The van der Waals surface area contributed by atoms with Gasteiger partial charge in [-0.25, -0.2) is 0 Å². The number of thioether (sulfide) groups is 1. The molecule has 0 unspecified atom stereocenters. The lowest BCUT2D eigenvalue weighted by Gasteiger charge is -2.08.